The molecule has 3 rings (SSSR count). The molecule has 1 atom stereocenters. The lowest BCUT2D eigenvalue weighted by atomic mass is 10.0. The molecule has 1 aliphatic heterocycles. The number of rotatable bonds is 2. The van der Waals surface area contributed by atoms with Gasteiger partial charge < -0.3 is 10.2 Å². The fourth-order valence-electron chi connectivity index (χ4n) is 2.99. The molecule has 5 heteroatoms. The molecule has 0 bridgehead atoms. The topological polar surface area (TPSA) is 64.8 Å². The summed E-state index contributed by atoms with van der Waals surface area (Å²) in [5.74, 6) is 0.980. The Balaban J connectivity index is 1.95. The lowest BCUT2D eigenvalue weighted by molar-refractivity contribution is 0.480. The summed E-state index contributed by atoms with van der Waals surface area (Å²) in [6.07, 6.45) is 0. The maximum atomic E-state index is 8.91. The SMILES string of the molecule is Cc1c(-c2ccc(C#N)cc2)nnc(N2CCNC(C)C2)c1C. The zero-order valence-corrected chi connectivity index (χ0v) is 13.8. The molecule has 0 saturated carbocycles. The molecule has 1 unspecified atom stereocenters. The van der Waals surface area contributed by atoms with E-state index < -0.39 is 0 Å². The number of nitriles is 1. The summed E-state index contributed by atoms with van der Waals surface area (Å²) < 4.78 is 0. The number of benzene rings is 1. The molecule has 1 fully saturated rings. The minimum absolute atomic E-state index is 0.462. The molecule has 0 aliphatic carbocycles. The molecular weight excluding hydrogens is 286 g/mol. The van der Waals surface area contributed by atoms with Gasteiger partial charge in [-0.25, -0.2) is 0 Å². The van der Waals surface area contributed by atoms with E-state index in [-0.39, 0.29) is 0 Å². The van der Waals surface area contributed by atoms with Crippen molar-refractivity contribution in [3.8, 4) is 17.3 Å². The first-order chi connectivity index (χ1) is 11.1. The predicted octanol–water partition coefficient (Wildman–Crippen LogP) is 2.43. The van der Waals surface area contributed by atoms with Crippen LogP contribution in [0.3, 0.4) is 0 Å². The molecule has 2 heterocycles. The highest BCUT2D eigenvalue weighted by atomic mass is 15.3. The summed E-state index contributed by atoms with van der Waals surface area (Å²) in [6, 6.07) is 10.1. The van der Waals surface area contributed by atoms with E-state index in [1.54, 1.807) is 0 Å². The van der Waals surface area contributed by atoms with Gasteiger partial charge in [0.25, 0.3) is 0 Å². The molecule has 1 aromatic carbocycles. The minimum Gasteiger partial charge on any atom is -0.352 e. The third kappa shape index (κ3) is 3.03. The van der Waals surface area contributed by atoms with Gasteiger partial charge in [0, 0.05) is 31.2 Å². The Kier molecular flexibility index (Phi) is 4.26. The van der Waals surface area contributed by atoms with Crippen molar-refractivity contribution in [2.75, 3.05) is 24.5 Å². The Bertz CT molecular complexity index is 745. The maximum Gasteiger partial charge on any atom is 0.154 e. The highest BCUT2D eigenvalue weighted by molar-refractivity contribution is 5.67. The quantitative estimate of drug-likeness (QED) is 0.923. The van der Waals surface area contributed by atoms with Gasteiger partial charge in [0.1, 0.15) is 0 Å². The van der Waals surface area contributed by atoms with Gasteiger partial charge in [0.05, 0.1) is 17.3 Å². The van der Waals surface area contributed by atoms with Crippen molar-refractivity contribution >= 4 is 5.82 Å². The van der Waals surface area contributed by atoms with Crippen molar-refractivity contribution in [2.45, 2.75) is 26.8 Å². The summed E-state index contributed by atoms with van der Waals surface area (Å²) >= 11 is 0. The average Bonchev–Trinajstić information content (AvgIpc) is 2.57. The second-order valence-corrected chi connectivity index (χ2v) is 6.11. The Morgan fingerprint density at radius 2 is 1.91 bits per heavy atom. The second kappa shape index (κ2) is 6.35. The van der Waals surface area contributed by atoms with Crippen LogP contribution in [0, 0.1) is 25.2 Å². The van der Waals surface area contributed by atoms with E-state index in [0.717, 1.165) is 42.3 Å². The first-order valence-electron chi connectivity index (χ1n) is 7.93. The molecule has 1 saturated heterocycles. The summed E-state index contributed by atoms with van der Waals surface area (Å²) in [5.41, 5.74) is 4.86. The fourth-order valence-corrected chi connectivity index (χ4v) is 2.99. The number of anilines is 1. The van der Waals surface area contributed by atoms with E-state index >= 15 is 0 Å². The maximum absolute atomic E-state index is 8.91. The van der Waals surface area contributed by atoms with Gasteiger partial charge in [-0.15, -0.1) is 10.2 Å². The summed E-state index contributed by atoms with van der Waals surface area (Å²) in [6.45, 7) is 9.26. The number of hydrogen-bond donors (Lipinski definition) is 1. The standard InChI is InChI=1S/C18H21N5/c1-12-11-23(9-8-20-12)18-14(3)13(2)17(21-22-18)16-6-4-15(10-19)5-7-16/h4-7,12,20H,8-9,11H2,1-3H3. The van der Waals surface area contributed by atoms with Crippen LogP contribution in [0.15, 0.2) is 24.3 Å². The molecule has 5 nitrogen and oxygen atoms in total. The average molecular weight is 307 g/mol. The van der Waals surface area contributed by atoms with Gasteiger partial charge in [0.2, 0.25) is 0 Å². The molecule has 1 N–H and O–H groups in total. The highest BCUT2D eigenvalue weighted by Crippen LogP contribution is 2.28. The van der Waals surface area contributed by atoms with E-state index in [0.29, 0.717) is 11.6 Å². The lowest BCUT2D eigenvalue weighted by Gasteiger charge is -2.33. The minimum atomic E-state index is 0.462. The van der Waals surface area contributed by atoms with Crippen LogP contribution in [0.25, 0.3) is 11.3 Å². The van der Waals surface area contributed by atoms with Crippen LogP contribution in [0.1, 0.15) is 23.6 Å². The van der Waals surface area contributed by atoms with Gasteiger partial charge in [-0.3, -0.25) is 0 Å². The van der Waals surface area contributed by atoms with Crippen molar-refractivity contribution in [1.82, 2.24) is 15.5 Å². The van der Waals surface area contributed by atoms with Crippen LogP contribution in [-0.2, 0) is 0 Å². The Hall–Kier alpha value is -2.45. The van der Waals surface area contributed by atoms with Crippen molar-refractivity contribution in [2.24, 2.45) is 0 Å². The summed E-state index contributed by atoms with van der Waals surface area (Å²) in [5, 5.41) is 21.3. The van der Waals surface area contributed by atoms with Crippen molar-refractivity contribution in [3.63, 3.8) is 0 Å². The third-order valence-corrected chi connectivity index (χ3v) is 4.45. The zero-order chi connectivity index (χ0) is 16.4. The number of nitrogens with zero attached hydrogens (tertiary/aromatic N) is 4. The van der Waals surface area contributed by atoms with Gasteiger partial charge in [-0.1, -0.05) is 12.1 Å². The van der Waals surface area contributed by atoms with Crippen molar-refractivity contribution in [3.05, 3.63) is 41.0 Å². The van der Waals surface area contributed by atoms with Crippen LogP contribution in [0.4, 0.5) is 5.82 Å². The lowest BCUT2D eigenvalue weighted by Crippen LogP contribution is -2.49. The fraction of sp³-hybridized carbons (Fsp3) is 0.389. The van der Waals surface area contributed by atoms with E-state index in [9.17, 15) is 0 Å². The number of piperazine rings is 1. The van der Waals surface area contributed by atoms with E-state index in [2.05, 4.69) is 47.3 Å². The Labute approximate surface area is 137 Å². The zero-order valence-electron chi connectivity index (χ0n) is 13.8. The van der Waals surface area contributed by atoms with Gasteiger partial charge >= 0.3 is 0 Å². The third-order valence-electron chi connectivity index (χ3n) is 4.45. The normalized spacial score (nSPS) is 17.8. The van der Waals surface area contributed by atoms with E-state index in [4.69, 9.17) is 5.26 Å². The smallest absolute Gasteiger partial charge is 0.154 e. The number of nitrogens with one attached hydrogen (secondary N) is 1. The van der Waals surface area contributed by atoms with Crippen molar-refractivity contribution in [1.29, 1.82) is 5.26 Å². The first-order valence-corrected chi connectivity index (χ1v) is 7.93. The molecule has 118 valence electrons. The predicted molar refractivity (Wildman–Crippen MR) is 91.3 cm³/mol. The molecule has 0 amide bonds. The van der Waals surface area contributed by atoms with E-state index in [1.807, 2.05) is 24.3 Å². The van der Waals surface area contributed by atoms with Crippen LogP contribution >= 0.6 is 0 Å². The van der Waals surface area contributed by atoms with Crippen LogP contribution in [0.5, 0.6) is 0 Å². The van der Waals surface area contributed by atoms with Crippen LogP contribution in [0.2, 0.25) is 0 Å². The van der Waals surface area contributed by atoms with Gasteiger partial charge in [0.15, 0.2) is 5.82 Å². The Morgan fingerprint density at radius 3 is 2.57 bits per heavy atom. The molecule has 0 radical (unpaired) electrons. The highest BCUT2D eigenvalue weighted by Gasteiger charge is 2.21. The van der Waals surface area contributed by atoms with Gasteiger partial charge in [-0.2, -0.15) is 5.26 Å². The van der Waals surface area contributed by atoms with E-state index in [1.165, 1.54) is 5.56 Å². The molecule has 23 heavy (non-hydrogen) atoms. The van der Waals surface area contributed by atoms with Crippen molar-refractivity contribution < 1.29 is 0 Å². The van der Waals surface area contributed by atoms with Crippen LogP contribution in [-0.4, -0.2) is 35.9 Å². The molecule has 2 aromatic rings. The second-order valence-electron chi connectivity index (χ2n) is 6.11. The number of hydrogen-bond acceptors (Lipinski definition) is 5. The Morgan fingerprint density at radius 1 is 1.17 bits per heavy atom. The van der Waals surface area contributed by atoms with Crippen LogP contribution < -0.4 is 10.2 Å². The number of aromatic nitrogens is 2. The van der Waals surface area contributed by atoms with Gasteiger partial charge in [-0.05, 0) is 44.0 Å². The summed E-state index contributed by atoms with van der Waals surface area (Å²) in [7, 11) is 0. The summed E-state index contributed by atoms with van der Waals surface area (Å²) in [4.78, 5) is 2.30. The first kappa shape index (κ1) is 15.4. The molecular formula is C18H21N5. The monoisotopic (exact) mass is 307 g/mol. The molecule has 0 spiro atoms. The molecule has 1 aromatic heterocycles. The largest absolute Gasteiger partial charge is 0.352 e. The molecule has 1 aliphatic rings.